The maximum absolute atomic E-state index is 12.9. The van der Waals surface area contributed by atoms with Gasteiger partial charge in [0, 0.05) is 30.0 Å². The predicted molar refractivity (Wildman–Crippen MR) is 117 cm³/mol. The summed E-state index contributed by atoms with van der Waals surface area (Å²) in [4.78, 5) is 39.3. The fourth-order valence-corrected chi connectivity index (χ4v) is 3.62. The van der Waals surface area contributed by atoms with Crippen LogP contribution in [-0.4, -0.2) is 35.7 Å². The van der Waals surface area contributed by atoms with Crippen molar-refractivity contribution in [1.29, 1.82) is 0 Å². The largest absolute Gasteiger partial charge is 0.459 e. The molecule has 2 heterocycles. The van der Waals surface area contributed by atoms with Crippen molar-refractivity contribution in [2.24, 2.45) is 5.92 Å². The number of nitrogens with one attached hydrogen (secondary N) is 2. The highest BCUT2D eigenvalue weighted by Gasteiger charge is 2.29. The summed E-state index contributed by atoms with van der Waals surface area (Å²) in [5, 5.41) is 5.65. The Balaban J connectivity index is 1.36. The van der Waals surface area contributed by atoms with Crippen molar-refractivity contribution in [3.05, 3.63) is 84.3 Å². The van der Waals surface area contributed by atoms with Crippen LogP contribution in [0.1, 0.15) is 33.8 Å². The number of carbonyl (C=O) groups excluding carboxylic acids is 3. The molecule has 0 spiro atoms. The summed E-state index contributed by atoms with van der Waals surface area (Å²) in [5.41, 5.74) is 1.83. The third-order valence-corrected chi connectivity index (χ3v) is 5.26. The van der Waals surface area contributed by atoms with Crippen LogP contribution in [-0.2, 0) is 4.79 Å². The molecule has 0 aliphatic carbocycles. The molecule has 0 saturated carbocycles. The number of benzene rings is 2. The lowest BCUT2D eigenvalue weighted by Gasteiger charge is -2.32. The van der Waals surface area contributed by atoms with Crippen LogP contribution in [0.3, 0.4) is 0 Å². The van der Waals surface area contributed by atoms with Gasteiger partial charge in [-0.3, -0.25) is 14.4 Å². The number of piperidine rings is 1. The first-order chi connectivity index (χ1) is 15.1. The van der Waals surface area contributed by atoms with Gasteiger partial charge in [-0.25, -0.2) is 0 Å². The summed E-state index contributed by atoms with van der Waals surface area (Å²) < 4.78 is 5.07. The lowest BCUT2D eigenvalue weighted by molar-refractivity contribution is -0.121. The molecule has 7 nitrogen and oxygen atoms in total. The summed E-state index contributed by atoms with van der Waals surface area (Å²) in [5.74, 6) is -0.578. The van der Waals surface area contributed by atoms with Crippen molar-refractivity contribution in [1.82, 2.24) is 4.90 Å². The van der Waals surface area contributed by atoms with Gasteiger partial charge in [-0.15, -0.1) is 0 Å². The molecule has 7 heteroatoms. The first-order valence-electron chi connectivity index (χ1n) is 10.2. The molecule has 2 aromatic carbocycles. The van der Waals surface area contributed by atoms with E-state index in [1.54, 1.807) is 41.3 Å². The smallest absolute Gasteiger partial charge is 0.291 e. The maximum Gasteiger partial charge on any atom is 0.291 e. The SMILES string of the molecule is O=C(Nc1ccc(C(=O)N2CCCC(C(=O)Nc3ccccc3)C2)cc1)c1ccco1. The first kappa shape index (κ1) is 20.4. The summed E-state index contributed by atoms with van der Waals surface area (Å²) >= 11 is 0. The van der Waals surface area contributed by atoms with Gasteiger partial charge in [0.25, 0.3) is 11.8 Å². The average molecular weight is 417 g/mol. The van der Waals surface area contributed by atoms with E-state index in [-0.39, 0.29) is 29.4 Å². The molecule has 4 rings (SSSR count). The highest BCUT2D eigenvalue weighted by Crippen LogP contribution is 2.21. The van der Waals surface area contributed by atoms with Gasteiger partial charge in [-0.05, 0) is 61.4 Å². The number of hydrogen-bond acceptors (Lipinski definition) is 4. The van der Waals surface area contributed by atoms with E-state index in [1.807, 2.05) is 30.3 Å². The molecule has 3 amide bonds. The average Bonchev–Trinajstić information content (AvgIpc) is 3.35. The normalized spacial score (nSPS) is 15.9. The summed E-state index contributed by atoms with van der Waals surface area (Å²) in [6, 6.07) is 19.2. The standard InChI is InChI=1S/C24H23N3O4/c28-22(25-19-7-2-1-3-8-19)18-6-4-14-27(16-18)24(30)17-10-12-20(13-11-17)26-23(29)21-9-5-15-31-21/h1-3,5,7-13,15,18H,4,6,14,16H2,(H,25,28)(H,26,29). The molecule has 1 unspecified atom stereocenters. The maximum atomic E-state index is 12.9. The van der Waals surface area contributed by atoms with E-state index in [0.29, 0.717) is 24.3 Å². The zero-order valence-electron chi connectivity index (χ0n) is 16.9. The van der Waals surface area contributed by atoms with Crippen molar-refractivity contribution in [3.8, 4) is 0 Å². The highest BCUT2D eigenvalue weighted by molar-refractivity contribution is 6.02. The topological polar surface area (TPSA) is 91.7 Å². The number of rotatable bonds is 5. The molecule has 1 atom stereocenters. The van der Waals surface area contributed by atoms with Gasteiger partial charge >= 0.3 is 0 Å². The predicted octanol–water partition coefficient (Wildman–Crippen LogP) is 4.02. The Morgan fingerprint density at radius 2 is 1.61 bits per heavy atom. The monoisotopic (exact) mass is 417 g/mol. The van der Waals surface area contributed by atoms with Crippen LogP contribution in [0.25, 0.3) is 0 Å². The molecule has 1 saturated heterocycles. The molecule has 0 bridgehead atoms. The van der Waals surface area contributed by atoms with E-state index in [9.17, 15) is 14.4 Å². The van der Waals surface area contributed by atoms with Crippen molar-refractivity contribution in [3.63, 3.8) is 0 Å². The van der Waals surface area contributed by atoms with Gasteiger partial charge in [0.15, 0.2) is 5.76 Å². The van der Waals surface area contributed by atoms with E-state index in [0.717, 1.165) is 18.5 Å². The number of hydrogen-bond donors (Lipinski definition) is 2. The molecule has 1 aliphatic rings. The molecule has 1 aromatic heterocycles. The summed E-state index contributed by atoms with van der Waals surface area (Å²) in [7, 11) is 0. The Labute approximate surface area is 180 Å². The molecule has 158 valence electrons. The number of amides is 3. The minimum Gasteiger partial charge on any atom is -0.459 e. The van der Waals surface area contributed by atoms with E-state index >= 15 is 0 Å². The van der Waals surface area contributed by atoms with Gasteiger partial charge < -0.3 is 20.0 Å². The second-order valence-corrected chi connectivity index (χ2v) is 7.45. The van der Waals surface area contributed by atoms with Gasteiger partial charge in [-0.2, -0.15) is 0 Å². The zero-order valence-corrected chi connectivity index (χ0v) is 16.9. The van der Waals surface area contributed by atoms with E-state index in [1.165, 1.54) is 6.26 Å². The molecular weight excluding hydrogens is 394 g/mol. The van der Waals surface area contributed by atoms with Gasteiger partial charge in [0.1, 0.15) is 0 Å². The Morgan fingerprint density at radius 3 is 2.32 bits per heavy atom. The molecule has 0 radical (unpaired) electrons. The summed E-state index contributed by atoms with van der Waals surface area (Å²) in [6.45, 7) is 0.999. The van der Waals surface area contributed by atoms with Crippen molar-refractivity contribution in [2.45, 2.75) is 12.8 Å². The first-order valence-corrected chi connectivity index (χ1v) is 10.2. The highest BCUT2D eigenvalue weighted by atomic mass is 16.3. The fraction of sp³-hybridized carbons (Fsp3) is 0.208. The number of furan rings is 1. The second kappa shape index (κ2) is 9.30. The molecule has 1 fully saturated rings. The van der Waals surface area contributed by atoms with Crippen LogP contribution in [0, 0.1) is 5.92 Å². The third-order valence-electron chi connectivity index (χ3n) is 5.26. The van der Waals surface area contributed by atoms with Crippen LogP contribution >= 0.6 is 0 Å². The Kier molecular flexibility index (Phi) is 6.12. The number of likely N-dealkylation sites (tertiary alicyclic amines) is 1. The third kappa shape index (κ3) is 5.01. The van der Waals surface area contributed by atoms with Crippen molar-refractivity contribution < 1.29 is 18.8 Å². The molecule has 1 aliphatic heterocycles. The Morgan fingerprint density at radius 1 is 0.871 bits per heavy atom. The minimum atomic E-state index is -0.354. The minimum absolute atomic E-state index is 0.0697. The molecule has 3 aromatic rings. The van der Waals surface area contributed by atoms with Crippen molar-refractivity contribution >= 4 is 29.1 Å². The zero-order chi connectivity index (χ0) is 21.6. The van der Waals surface area contributed by atoms with Gasteiger partial charge in [0.05, 0.1) is 12.2 Å². The van der Waals surface area contributed by atoms with Crippen LogP contribution in [0.2, 0.25) is 0 Å². The molecule has 2 N–H and O–H groups in total. The van der Waals surface area contributed by atoms with Gasteiger partial charge in [-0.1, -0.05) is 18.2 Å². The number of carbonyl (C=O) groups is 3. The quantitative estimate of drug-likeness (QED) is 0.656. The Bertz CT molecular complexity index is 1050. The molecular formula is C24H23N3O4. The fourth-order valence-electron chi connectivity index (χ4n) is 3.62. The van der Waals surface area contributed by atoms with Crippen LogP contribution in [0.15, 0.2) is 77.4 Å². The number of nitrogens with zero attached hydrogens (tertiary/aromatic N) is 1. The summed E-state index contributed by atoms with van der Waals surface area (Å²) in [6.07, 6.45) is 2.96. The van der Waals surface area contributed by atoms with E-state index in [2.05, 4.69) is 10.6 Å². The van der Waals surface area contributed by atoms with Crippen LogP contribution in [0.4, 0.5) is 11.4 Å². The Hall–Kier alpha value is -3.87. The van der Waals surface area contributed by atoms with E-state index in [4.69, 9.17) is 4.42 Å². The van der Waals surface area contributed by atoms with E-state index < -0.39 is 0 Å². The van der Waals surface area contributed by atoms with Crippen molar-refractivity contribution in [2.75, 3.05) is 23.7 Å². The lowest BCUT2D eigenvalue weighted by Crippen LogP contribution is -2.43. The molecule has 31 heavy (non-hydrogen) atoms. The lowest BCUT2D eigenvalue weighted by atomic mass is 9.96. The van der Waals surface area contributed by atoms with Crippen LogP contribution < -0.4 is 10.6 Å². The number of anilines is 2. The second-order valence-electron chi connectivity index (χ2n) is 7.45. The van der Waals surface area contributed by atoms with Crippen LogP contribution in [0.5, 0.6) is 0 Å². The number of para-hydroxylation sites is 1. The van der Waals surface area contributed by atoms with Gasteiger partial charge in [0.2, 0.25) is 5.91 Å².